The molecule has 0 aliphatic carbocycles. The molecule has 0 radical (unpaired) electrons. The van der Waals surface area contributed by atoms with Crippen LogP contribution in [0.2, 0.25) is 0 Å². The number of aliphatic hydroxyl groups is 1. The Kier molecular flexibility index (Phi) is 4.31. The average Bonchev–Trinajstić information content (AvgIpc) is 2.38. The van der Waals surface area contributed by atoms with Gasteiger partial charge in [-0.15, -0.1) is 0 Å². The van der Waals surface area contributed by atoms with E-state index in [9.17, 15) is 9.90 Å². The Labute approximate surface area is 106 Å². The molecule has 1 N–H and O–H groups in total. The number of cyclic esters (lactones) is 1. The highest BCUT2D eigenvalue weighted by molar-refractivity contribution is 5.82. The third-order valence-electron chi connectivity index (χ3n) is 2.75. The first-order valence-corrected chi connectivity index (χ1v) is 6.02. The van der Waals surface area contributed by atoms with Crippen molar-refractivity contribution in [3.8, 4) is 0 Å². The number of esters is 1. The molecule has 3 nitrogen and oxygen atoms in total. The monoisotopic (exact) mass is 244 g/mol. The summed E-state index contributed by atoms with van der Waals surface area (Å²) in [6, 6.07) is 9.76. The molecular formula is C15H16O3. The zero-order chi connectivity index (χ0) is 12.8. The maximum absolute atomic E-state index is 11.0. The van der Waals surface area contributed by atoms with Crippen molar-refractivity contribution in [2.45, 2.75) is 25.0 Å². The fourth-order valence-corrected chi connectivity index (χ4v) is 1.85. The second-order valence-electron chi connectivity index (χ2n) is 4.27. The van der Waals surface area contributed by atoms with Crippen LogP contribution in [0.3, 0.4) is 0 Å². The Hall–Kier alpha value is -1.87. The second kappa shape index (κ2) is 6.17. The van der Waals surface area contributed by atoms with Crippen molar-refractivity contribution in [1.29, 1.82) is 0 Å². The molecule has 1 aliphatic rings. The van der Waals surface area contributed by atoms with Gasteiger partial charge in [0.25, 0.3) is 0 Å². The van der Waals surface area contributed by atoms with Crippen LogP contribution < -0.4 is 0 Å². The molecule has 0 bridgehead atoms. The Morgan fingerprint density at radius 3 is 2.89 bits per heavy atom. The first-order valence-electron chi connectivity index (χ1n) is 6.02. The van der Waals surface area contributed by atoms with Crippen molar-refractivity contribution in [2.24, 2.45) is 0 Å². The van der Waals surface area contributed by atoms with E-state index in [1.807, 2.05) is 36.4 Å². The summed E-state index contributed by atoms with van der Waals surface area (Å²) in [7, 11) is 0. The van der Waals surface area contributed by atoms with E-state index in [2.05, 4.69) is 0 Å². The quantitative estimate of drug-likeness (QED) is 0.827. The van der Waals surface area contributed by atoms with Gasteiger partial charge in [-0.3, -0.25) is 0 Å². The van der Waals surface area contributed by atoms with Gasteiger partial charge in [0.1, 0.15) is 6.10 Å². The normalized spacial score (nSPS) is 20.9. The SMILES string of the molecule is O=C1C=CC[C@@H](C[C@@H](O)C=Cc2ccccc2)O1. The Balaban J connectivity index is 1.85. The van der Waals surface area contributed by atoms with Gasteiger partial charge in [-0.05, 0) is 5.56 Å². The van der Waals surface area contributed by atoms with E-state index in [4.69, 9.17) is 4.74 Å². The lowest BCUT2D eigenvalue weighted by Gasteiger charge is -2.20. The van der Waals surface area contributed by atoms with Crippen molar-refractivity contribution >= 4 is 12.0 Å². The molecule has 18 heavy (non-hydrogen) atoms. The van der Waals surface area contributed by atoms with Crippen molar-refractivity contribution in [1.82, 2.24) is 0 Å². The minimum atomic E-state index is -0.602. The predicted octanol–water partition coefficient (Wildman–Crippen LogP) is 2.32. The summed E-state index contributed by atoms with van der Waals surface area (Å²) in [5.41, 5.74) is 1.04. The van der Waals surface area contributed by atoms with Crippen LogP contribution in [0, 0.1) is 0 Å². The minimum Gasteiger partial charge on any atom is -0.459 e. The molecule has 0 saturated heterocycles. The van der Waals surface area contributed by atoms with E-state index in [-0.39, 0.29) is 12.1 Å². The molecule has 1 heterocycles. The molecule has 1 aliphatic heterocycles. The summed E-state index contributed by atoms with van der Waals surface area (Å²) in [5.74, 6) is -0.328. The lowest BCUT2D eigenvalue weighted by Crippen LogP contribution is -2.24. The van der Waals surface area contributed by atoms with Crippen LogP contribution in [0.15, 0.2) is 48.6 Å². The van der Waals surface area contributed by atoms with Crippen LogP contribution in [-0.4, -0.2) is 23.3 Å². The average molecular weight is 244 g/mol. The molecule has 3 heteroatoms. The topological polar surface area (TPSA) is 46.5 Å². The van der Waals surface area contributed by atoms with E-state index in [0.717, 1.165) is 5.56 Å². The number of carbonyl (C=O) groups is 1. The first-order chi connectivity index (χ1) is 8.74. The number of hydrogen-bond acceptors (Lipinski definition) is 3. The van der Waals surface area contributed by atoms with Crippen molar-refractivity contribution in [3.63, 3.8) is 0 Å². The summed E-state index contributed by atoms with van der Waals surface area (Å²) >= 11 is 0. The molecule has 1 aromatic carbocycles. The molecule has 0 saturated carbocycles. The van der Waals surface area contributed by atoms with Gasteiger partial charge >= 0.3 is 5.97 Å². The van der Waals surface area contributed by atoms with Gasteiger partial charge in [0.2, 0.25) is 0 Å². The van der Waals surface area contributed by atoms with Gasteiger partial charge in [0.15, 0.2) is 0 Å². The highest BCUT2D eigenvalue weighted by Crippen LogP contribution is 2.14. The first kappa shape index (κ1) is 12.6. The Bertz CT molecular complexity index is 448. The number of ether oxygens (including phenoxy) is 1. The molecule has 2 rings (SSSR count). The van der Waals surface area contributed by atoms with E-state index < -0.39 is 6.10 Å². The fraction of sp³-hybridized carbons (Fsp3) is 0.267. The number of rotatable bonds is 4. The molecular weight excluding hydrogens is 228 g/mol. The molecule has 1 aromatic rings. The van der Waals surface area contributed by atoms with Crippen LogP contribution in [0.1, 0.15) is 18.4 Å². The van der Waals surface area contributed by atoms with Crippen LogP contribution in [0.25, 0.3) is 6.08 Å². The lowest BCUT2D eigenvalue weighted by atomic mass is 10.1. The highest BCUT2D eigenvalue weighted by Gasteiger charge is 2.18. The van der Waals surface area contributed by atoms with Gasteiger partial charge in [0.05, 0.1) is 6.10 Å². The standard InChI is InChI=1S/C15H16O3/c16-13(10-9-12-5-2-1-3-6-12)11-14-7-4-8-15(17)18-14/h1-6,8-10,13-14,16H,7,11H2/t13-,14-/m0/s1. The number of hydrogen-bond donors (Lipinski definition) is 1. The lowest BCUT2D eigenvalue weighted by molar-refractivity contribution is -0.145. The molecule has 0 spiro atoms. The largest absolute Gasteiger partial charge is 0.459 e. The number of aliphatic hydroxyl groups excluding tert-OH is 1. The third kappa shape index (κ3) is 3.86. The zero-order valence-corrected chi connectivity index (χ0v) is 10.0. The maximum Gasteiger partial charge on any atom is 0.330 e. The maximum atomic E-state index is 11.0. The van der Waals surface area contributed by atoms with Crippen LogP contribution in [-0.2, 0) is 9.53 Å². The Morgan fingerprint density at radius 1 is 1.39 bits per heavy atom. The second-order valence-corrected chi connectivity index (χ2v) is 4.27. The highest BCUT2D eigenvalue weighted by atomic mass is 16.5. The van der Waals surface area contributed by atoms with Gasteiger partial charge in [-0.1, -0.05) is 48.6 Å². The minimum absolute atomic E-state index is 0.224. The number of carbonyl (C=O) groups excluding carboxylic acids is 1. The van der Waals surface area contributed by atoms with Gasteiger partial charge < -0.3 is 9.84 Å². The zero-order valence-electron chi connectivity index (χ0n) is 10.0. The van der Waals surface area contributed by atoms with E-state index in [0.29, 0.717) is 12.8 Å². The smallest absolute Gasteiger partial charge is 0.330 e. The van der Waals surface area contributed by atoms with Crippen LogP contribution in [0.5, 0.6) is 0 Å². The third-order valence-corrected chi connectivity index (χ3v) is 2.75. The van der Waals surface area contributed by atoms with E-state index >= 15 is 0 Å². The number of benzene rings is 1. The van der Waals surface area contributed by atoms with Crippen LogP contribution >= 0.6 is 0 Å². The van der Waals surface area contributed by atoms with E-state index in [1.54, 1.807) is 12.2 Å². The molecule has 2 atom stereocenters. The summed E-state index contributed by atoms with van der Waals surface area (Å²) in [5, 5.41) is 9.85. The van der Waals surface area contributed by atoms with Gasteiger partial charge in [-0.25, -0.2) is 4.79 Å². The molecule has 94 valence electrons. The summed E-state index contributed by atoms with van der Waals surface area (Å²) in [4.78, 5) is 11.0. The fourth-order valence-electron chi connectivity index (χ4n) is 1.85. The molecule has 0 amide bonds. The van der Waals surface area contributed by atoms with Gasteiger partial charge in [0, 0.05) is 18.9 Å². The van der Waals surface area contributed by atoms with Gasteiger partial charge in [-0.2, -0.15) is 0 Å². The van der Waals surface area contributed by atoms with E-state index in [1.165, 1.54) is 6.08 Å². The predicted molar refractivity (Wildman–Crippen MR) is 69.7 cm³/mol. The van der Waals surface area contributed by atoms with Crippen molar-refractivity contribution < 1.29 is 14.6 Å². The Morgan fingerprint density at radius 2 is 2.17 bits per heavy atom. The molecule has 0 fully saturated rings. The van der Waals surface area contributed by atoms with Crippen molar-refractivity contribution in [3.05, 3.63) is 54.1 Å². The summed E-state index contributed by atoms with van der Waals surface area (Å²) in [6.07, 6.45) is 7.06. The molecule has 0 unspecified atom stereocenters. The van der Waals surface area contributed by atoms with Crippen molar-refractivity contribution in [2.75, 3.05) is 0 Å². The van der Waals surface area contributed by atoms with Crippen LogP contribution in [0.4, 0.5) is 0 Å². The molecule has 0 aromatic heterocycles. The summed E-state index contributed by atoms with van der Waals surface area (Å²) < 4.78 is 5.09. The summed E-state index contributed by atoms with van der Waals surface area (Å²) in [6.45, 7) is 0.